The summed E-state index contributed by atoms with van der Waals surface area (Å²) in [6.45, 7) is 5.45. The van der Waals surface area contributed by atoms with E-state index < -0.39 is 0 Å². The zero-order valence-electron chi connectivity index (χ0n) is 21.8. The van der Waals surface area contributed by atoms with Crippen LogP contribution in [0, 0.1) is 0 Å². The number of hydrogen-bond acceptors (Lipinski definition) is 7. The summed E-state index contributed by atoms with van der Waals surface area (Å²) >= 11 is 3.12. The van der Waals surface area contributed by atoms with Gasteiger partial charge in [-0.2, -0.15) is 0 Å². The van der Waals surface area contributed by atoms with Crippen molar-refractivity contribution < 1.29 is 14.3 Å². The van der Waals surface area contributed by atoms with Crippen LogP contribution in [0.4, 0.5) is 11.4 Å². The summed E-state index contributed by atoms with van der Waals surface area (Å²) in [5.74, 6) is 1.56. The van der Waals surface area contributed by atoms with Gasteiger partial charge in [0.05, 0.1) is 35.5 Å². The molecule has 0 unspecified atom stereocenters. The van der Waals surface area contributed by atoms with Gasteiger partial charge in [0.25, 0.3) is 5.91 Å². The van der Waals surface area contributed by atoms with Crippen LogP contribution in [0.3, 0.4) is 0 Å². The number of rotatable bonds is 7. The van der Waals surface area contributed by atoms with Gasteiger partial charge in [-0.25, -0.2) is 4.99 Å². The third-order valence-corrected chi connectivity index (χ3v) is 8.52. The van der Waals surface area contributed by atoms with E-state index in [2.05, 4.69) is 30.0 Å². The number of amidine groups is 1. The largest absolute Gasteiger partial charge is 0.497 e. The van der Waals surface area contributed by atoms with Crippen molar-refractivity contribution in [2.75, 3.05) is 32.2 Å². The third-order valence-electron chi connectivity index (χ3n) is 6.33. The molecule has 0 bridgehead atoms. The van der Waals surface area contributed by atoms with E-state index in [1.807, 2.05) is 67.6 Å². The topological polar surface area (TPSA) is 54.4 Å². The number of anilines is 1. The number of hydrogen-bond donors (Lipinski definition) is 0. The number of benzene rings is 3. The third kappa shape index (κ3) is 5.06. The minimum absolute atomic E-state index is 0.0364. The number of ether oxygens (including phenoxy) is 2. The van der Waals surface area contributed by atoms with Gasteiger partial charge >= 0.3 is 0 Å². The zero-order valence-corrected chi connectivity index (χ0v) is 23.4. The highest BCUT2D eigenvalue weighted by Gasteiger charge is 2.35. The van der Waals surface area contributed by atoms with Gasteiger partial charge in [0, 0.05) is 23.6 Å². The van der Waals surface area contributed by atoms with Crippen molar-refractivity contribution in [2.24, 2.45) is 4.99 Å². The molecule has 2 aliphatic rings. The average Bonchev–Trinajstić information content (AvgIpc) is 3.47. The van der Waals surface area contributed by atoms with Crippen LogP contribution in [0.1, 0.15) is 19.4 Å². The predicted octanol–water partition coefficient (Wildman–Crippen LogP) is 7.17. The fourth-order valence-corrected chi connectivity index (χ4v) is 6.70. The van der Waals surface area contributed by atoms with Crippen molar-refractivity contribution in [1.29, 1.82) is 0 Å². The Labute approximate surface area is 232 Å². The number of methoxy groups -OCH3 is 2. The van der Waals surface area contributed by atoms with Gasteiger partial charge < -0.3 is 14.4 Å². The SMILES string of the molecule is CCN1C(=O)/C(=C(\C=C2\Sc3cc(OC)ccc3N2CC)c2ccccc2)SC1=Nc1ccc(OC)cc1. The van der Waals surface area contributed by atoms with Gasteiger partial charge in [0.1, 0.15) is 11.5 Å². The number of carbonyl (C=O) groups is 1. The molecule has 0 saturated carbocycles. The lowest BCUT2D eigenvalue weighted by Gasteiger charge is -2.19. The summed E-state index contributed by atoms with van der Waals surface area (Å²) in [7, 11) is 3.32. The first-order valence-corrected chi connectivity index (χ1v) is 14.1. The van der Waals surface area contributed by atoms with E-state index in [0.29, 0.717) is 16.6 Å². The molecule has 194 valence electrons. The monoisotopic (exact) mass is 543 g/mol. The second-order valence-corrected chi connectivity index (χ2v) is 10.6. The van der Waals surface area contributed by atoms with Crippen molar-refractivity contribution in [2.45, 2.75) is 18.7 Å². The molecule has 2 heterocycles. The first-order chi connectivity index (χ1) is 18.6. The van der Waals surface area contributed by atoms with Crippen molar-refractivity contribution in [3.8, 4) is 11.5 Å². The summed E-state index contributed by atoms with van der Waals surface area (Å²) in [5, 5.41) is 1.74. The minimum atomic E-state index is -0.0364. The summed E-state index contributed by atoms with van der Waals surface area (Å²) in [5.41, 5.74) is 3.79. The normalized spacial score (nSPS) is 18.4. The Morgan fingerprint density at radius 2 is 1.55 bits per heavy atom. The van der Waals surface area contributed by atoms with Crippen LogP contribution in [0.2, 0.25) is 0 Å². The maximum Gasteiger partial charge on any atom is 0.267 e. The van der Waals surface area contributed by atoms with Crippen molar-refractivity contribution in [3.63, 3.8) is 0 Å². The van der Waals surface area contributed by atoms with Crippen molar-refractivity contribution >= 4 is 51.5 Å². The van der Waals surface area contributed by atoms with Crippen LogP contribution < -0.4 is 14.4 Å². The molecule has 2 aliphatic heterocycles. The summed E-state index contributed by atoms with van der Waals surface area (Å²) in [4.78, 5) is 24.4. The predicted molar refractivity (Wildman–Crippen MR) is 158 cm³/mol. The molecule has 3 aromatic carbocycles. The number of amides is 1. The van der Waals surface area contributed by atoms with Crippen LogP contribution in [-0.4, -0.2) is 43.3 Å². The zero-order chi connectivity index (χ0) is 26.6. The molecule has 6 nitrogen and oxygen atoms in total. The summed E-state index contributed by atoms with van der Waals surface area (Å²) in [6, 6.07) is 23.8. The number of carbonyl (C=O) groups excluding carboxylic acids is 1. The van der Waals surface area contributed by atoms with Gasteiger partial charge in [-0.15, -0.1) is 0 Å². The number of fused-ring (bicyclic) bond motifs is 1. The molecule has 1 amide bonds. The Bertz CT molecular complexity index is 1430. The highest BCUT2D eigenvalue weighted by Crippen LogP contribution is 2.49. The number of allylic oxidation sites excluding steroid dienone is 2. The molecule has 5 rings (SSSR count). The van der Waals surface area contributed by atoms with Crippen LogP contribution >= 0.6 is 23.5 Å². The van der Waals surface area contributed by atoms with Crippen molar-refractivity contribution in [3.05, 3.63) is 94.4 Å². The highest BCUT2D eigenvalue weighted by atomic mass is 32.2. The van der Waals surface area contributed by atoms with E-state index in [1.165, 1.54) is 11.8 Å². The van der Waals surface area contributed by atoms with Crippen LogP contribution in [0.5, 0.6) is 11.5 Å². The van der Waals surface area contributed by atoms with Gasteiger partial charge in [0.2, 0.25) is 0 Å². The molecule has 0 aromatic heterocycles. The summed E-state index contributed by atoms with van der Waals surface area (Å²) in [6.07, 6.45) is 2.14. The highest BCUT2D eigenvalue weighted by molar-refractivity contribution is 8.18. The number of nitrogens with zero attached hydrogens (tertiary/aromatic N) is 3. The van der Waals surface area contributed by atoms with Crippen molar-refractivity contribution in [1.82, 2.24) is 4.90 Å². The Kier molecular flexibility index (Phi) is 7.81. The lowest BCUT2D eigenvalue weighted by Crippen LogP contribution is -2.28. The number of likely N-dealkylation sites (N-methyl/N-ethyl adjacent to an activating group) is 1. The molecular formula is C30H29N3O3S2. The molecule has 38 heavy (non-hydrogen) atoms. The maximum atomic E-state index is 13.8. The maximum absolute atomic E-state index is 13.8. The fraction of sp³-hybridized carbons (Fsp3) is 0.200. The molecule has 0 atom stereocenters. The number of thioether (sulfide) groups is 2. The van der Waals surface area contributed by atoms with Gasteiger partial charge in [0.15, 0.2) is 5.17 Å². The molecule has 8 heteroatoms. The van der Waals surface area contributed by atoms with Crippen LogP contribution in [0.25, 0.3) is 5.57 Å². The van der Waals surface area contributed by atoms with E-state index in [1.54, 1.807) is 30.9 Å². The smallest absolute Gasteiger partial charge is 0.267 e. The quantitative estimate of drug-likeness (QED) is 0.295. The first kappa shape index (κ1) is 26.0. The van der Waals surface area contributed by atoms with E-state index in [-0.39, 0.29) is 5.91 Å². The fourth-order valence-electron chi connectivity index (χ4n) is 4.37. The molecule has 0 aliphatic carbocycles. The Morgan fingerprint density at radius 1 is 0.868 bits per heavy atom. The molecule has 0 spiro atoms. The van der Waals surface area contributed by atoms with Gasteiger partial charge in [-0.3, -0.25) is 9.69 Å². The molecule has 0 radical (unpaired) electrons. The van der Waals surface area contributed by atoms with Gasteiger partial charge in [-0.1, -0.05) is 42.1 Å². The lowest BCUT2D eigenvalue weighted by molar-refractivity contribution is -0.122. The van der Waals surface area contributed by atoms with E-state index >= 15 is 0 Å². The molecule has 1 fully saturated rings. The second-order valence-electron chi connectivity index (χ2n) is 8.52. The molecule has 1 saturated heterocycles. The number of aliphatic imine (C=N–C) groups is 1. The minimum Gasteiger partial charge on any atom is -0.497 e. The Balaban J connectivity index is 1.60. The van der Waals surface area contributed by atoms with E-state index in [4.69, 9.17) is 14.5 Å². The second kappa shape index (κ2) is 11.4. The molecular weight excluding hydrogens is 514 g/mol. The Morgan fingerprint density at radius 3 is 2.21 bits per heavy atom. The molecule has 3 aromatic rings. The molecule has 0 N–H and O–H groups in total. The van der Waals surface area contributed by atoms with Crippen LogP contribution in [0.15, 0.2) is 98.7 Å². The summed E-state index contributed by atoms with van der Waals surface area (Å²) < 4.78 is 10.7. The Hall–Kier alpha value is -3.62. The first-order valence-electron chi connectivity index (χ1n) is 12.4. The average molecular weight is 544 g/mol. The van der Waals surface area contributed by atoms with Gasteiger partial charge in [-0.05, 0) is 79.7 Å². The van der Waals surface area contributed by atoms with Crippen LogP contribution in [-0.2, 0) is 4.79 Å². The lowest BCUT2D eigenvalue weighted by atomic mass is 10.0. The standard InChI is InChI=1S/C30H29N3O3S2/c1-5-32-25-17-16-23(36-4)18-26(25)37-27(32)19-24(20-10-8-7-9-11-20)28-29(34)33(6-2)30(38-28)31-21-12-14-22(35-3)15-13-21/h7-19H,5-6H2,1-4H3/b27-19+,28-24-,31-30?. The van der Waals surface area contributed by atoms with E-state index in [0.717, 1.165) is 50.5 Å². The van der Waals surface area contributed by atoms with E-state index in [9.17, 15) is 4.79 Å².